The Labute approximate surface area is 164 Å². The highest BCUT2D eigenvalue weighted by atomic mass is 32.2. The van der Waals surface area contributed by atoms with Gasteiger partial charge in [0, 0.05) is 25.5 Å². The summed E-state index contributed by atoms with van der Waals surface area (Å²) in [7, 11) is -2.07. The molecule has 1 atom stereocenters. The number of hydrogen-bond acceptors (Lipinski definition) is 7. The van der Waals surface area contributed by atoms with E-state index in [9.17, 15) is 13.2 Å². The van der Waals surface area contributed by atoms with E-state index in [-0.39, 0.29) is 29.9 Å². The van der Waals surface area contributed by atoms with Gasteiger partial charge in [-0.15, -0.1) is 0 Å². The number of benzene rings is 1. The van der Waals surface area contributed by atoms with E-state index in [2.05, 4.69) is 9.97 Å². The SMILES string of the molecule is COc1ccc(S(=O)(=O)N2CCC(C(=O)OC(C)c3cnccn3)CC2)cc1. The molecule has 0 radical (unpaired) electrons. The van der Waals surface area contributed by atoms with Gasteiger partial charge in [-0.05, 0) is 44.0 Å². The maximum Gasteiger partial charge on any atom is 0.309 e. The van der Waals surface area contributed by atoms with Gasteiger partial charge in [0.05, 0.1) is 29.8 Å². The zero-order valence-electron chi connectivity index (χ0n) is 15.8. The number of carbonyl (C=O) groups is 1. The van der Waals surface area contributed by atoms with Gasteiger partial charge < -0.3 is 9.47 Å². The number of sulfonamides is 1. The van der Waals surface area contributed by atoms with Crippen LogP contribution in [0.5, 0.6) is 5.75 Å². The van der Waals surface area contributed by atoms with Crippen LogP contribution in [0.25, 0.3) is 0 Å². The monoisotopic (exact) mass is 405 g/mol. The van der Waals surface area contributed by atoms with E-state index in [4.69, 9.17) is 9.47 Å². The summed E-state index contributed by atoms with van der Waals surface area (Å²) in [6.45, 7) is 2.28. The van der Waals surface area contributed by atoms with Crippen LogP contribution in [-0.4, -0.2) is 48.9 Å². The number of esters is 1. The Kier molecular flexibility index (Phi) is 6.25. The minimum Gasteiger partial charge on any atom is -0.497 e. The predicted octanol–water partition coefficient (Wildman–Crippen LogP) is 2.19. The van der Waals surface area contributed by atoms with Crippen LogP contribution in [0.15, 0.2) is 47.8 Å². The molecule has 1 saturated heterocycles. The summed E-state index contributed by atoms with van der Waals surface area (Å²) in [6, 6.07) is 6.28. The lowest BCUT2D eigenvalue weighted by Crippen LogP contribution is -2.40. The molecule has 0 N–H and O–H groups in total. The number of hydrogen-bond donors (Lipinski definition) is 0. The third-order valence-electron chi connectivity index (χ3n) is 4.78. The number of aromatic nitrogens is 2. The minimum atomic E-state index is -3.59. The van der Waals surface area contributed by atoms with Gasteiger partial charge in [0.1, 0.15) is 11.9 Å². The molecule has 0 bridgehead atoms. The van der Waals surface area contributed by atoms with Gasteiger partial charge in [0.15, 0.2) is 0 Å². The van der Waals surface area contributed by atoms with Crippen molar-refractivity contribution in [2.75, 3.05) is 20.2 Å². The van der Waals surface area contributed by atoms with Crippen LogP contribution in [0.2, 0.25) is 0 Å². The second-order valence-corrected chi connectivity index (χ2v) is 8.50. The fourth-order valence-corrected chi connectivity index (χ4v) is 4.55. The number of nitrogens with zero attached hydrogens (tertiary/aromatic N) is 3. The average molecular weight is 405 g/mol. The maximum absolute atomic E-state index is 12.8. The van der Waals surface area contributed by atoms with Crippen molar-refractivity contribution in [2.45, 2.75) is 30.8 Å². The maximum atomic E-state index is 12.8. The molecule has 28 heavy (non-hydrogen) atoms. The molecule has 0 aliphatic carbocycles. The molecule has 1 aliphatic rings. The van der Waals surface area contributed by atoms with Gasteiger partial charge in [0.2, 0.25) is 10.0 Å². The molecule has 0 saturated carbocycles. The first-order chi connectivity index (χ1) is 13.4. The van der Waals surface area contributed by atoms with E-state index < -0.39 is 16.1 Å². The van der Waals surface area contributed by atoms with Crippen molar-refractivity contribution in [2.24, 2.45) is 5.92 Å². The second-order valence-electron chi connectivity index (χ2n) is 6.56. The first-order valence-corrected chi connectivity index (χ1v) is 10.5. The van der Waals surface area contributed by atoms with E-state index in [1.54, 1.807) is 37.6 Å². The highest BCUT2D eigenvalue weighted by molar-refractivity contribution is 7.89. The second kappa shape index (κ2) is 8.66. The third-order valence-corrected chi connectivity index (χ3v) is 6.69. The van der Waals surface area contributed by atoms with Gasteiger partial charge in [0.25, 0.3) is 0 Å². The summed E-state index contributed by atoms with van der Waals surface area (Å²) < 4.78 is 37.5. The number of carbonyl (C=O) groups excluding carboxylic acids is 1. The summed E-state index contributed by atoms with van der Waals surface area (Å²) in [4.78, 5) is 20.7. The van der Waals surface area contributed by atoms with Gasteiger partial charge in [-0.1, -0.05) is 0 Å². The first kappa shape index (κ1) is 20.2. The lowest BCUT2D eigenvalue weighted by molar-refractivity contribution is -0.155. The van der Waals surface area contributed by atoms with Crippen molar-refractivity contribution in [3.8, 4) is 5.75 Å². The number of ether oxygens (including phenoxy) is 2. The van der Waals surface area contributed by atoms with Crippen LogP contribution in [0.3, 0.4) is 0 Å². The van der Waals surface area contributed by atoms with Gasteiger partial charge in [-0.3, -0.25) is 14.8 Å². The molecule has 1 unspecified atom stereocenters. The molecule has 1 aromatic heterocycles. The van der Waals surface area contributed by atoms with Gasteiger partial charge >= 0.3 is 5.97 Å². The number of piperidine rings is 1. The molecule has 8 nitrogen and oxygen atoms in total. The molecule has 2 aromatic rings. The lowest BCUT2D eigenvalue weighted by Gasteiger charge is -2.30. The van der Waals surface area contributed by atoms with Crippen LogP contribution >= 0.6 is 0 Å². The lowest BCUT2D eigenvalue weighted by atomic mass is 9.98. The van der Waals surface area contributed by atoms with Crippen LogP contribution in [0.4, 0.5) is 0 Å². The van der Waals surface area contributed by atoms with Crippen LogP contribution in [-0.2, 0) is 19.6 Å². The molecular weight excluding hydrogens is 382 g/mol. The van der Waals surface area contributed by atoms with E-state index in [0.29, 0.717) is 24.3 Å². The molecule has 0 spiro atoms. The molecular formula is C19H23N3O5S. The highest BCUT2D eigenvalue weighted by Crippen LogP contribution is 2.27. The summed E-state index contributed by atoms with van der Waals surface area (Å²) in [5.74, 6) is -0.0706. The summed E-state index contributed by atoms with van der Waals surface area (Å²) >= 11 is 0. The smallest absolute Gasteiger partial charge is 0.309 e. The topological polar surface area (TPSA) is 98.7 Å². The molecule has 2 heterocycles. The van der Waals surface area contributed by atoms with E-state index in [0.717, 1.165) is 0 Å². The molecule has 1 fully saturated rings. The molecule has 9 heteroatoms. The molecule has 0 amide bonds. The van der Waals surface area contributed by atoms with Crippen LogP contribution < -0.4 is 4.74 Å². The van der Waals surface area contributed by atoms with Crippen molar-refractivity contribution in [1.82, 2.24) is 14.3 Å². The third kappa shape index (κ3) is 4.48. The Morgan fingerprint density at radius 1 is 1.18 bits per heavy atom. The quantitative estimate of drug-likeness (QED) is 0.679. The standard InChI is InChI=1S/C19H23N3O5S/c1-14(18-13-20-9-10-21-18)27-19(23)15-7-11-22(12-8-15)28(24,25)17-5-3-16(26-2)4-6-17/h3-6,9-10,13-15H,7-8,11-12H2,1-2H3. The molecule has 1 aliphatic heterocycles. The summed E-state index contributed by atoms with van der Waals surface area (Å²) in [5.41, 5.74) is 0.579. The van der Waals surface area contributed by atoms with E-state index >= 15 is 0 Å². The summed E-state index contributed by atoms with van der Waals surface area (Å²) in [5, 5.41) is 0. The van der Waals surface area contributed by atoms with Crippen molar-refractivity contribution in [3.05, 3.63) is 48.5 Å². The fourth-order valence-electron chi connectivity index (χ4n) is 3.08. The van der Waals surface area contributed by atoms with E-state index in [1.165, 1.54) is 23.5 Å². The highest BCUT2D eigenvalue weighted by Gasteiger charge is 2.33. The normalized spacial score (nSPS) is 17.1. The van der Waals surface area contributed by atoms with Crippen LogP contribution in [0.1, 0.15) is 31.6 Å². The molecule has 150 valence electrons. The average Bonchev–Trinajstić information content (AvgIpc) is 2.74. The van der Waals surface area contributed by atoms with E-state index in [1.807, 2.05) is 0 Å². The largest absolute Gasteiger partial charge is 0.497 e. The Balaban J connectivity index is 1.58. The van der Waals surface area contributed by atoms with Crippen LogP contribution in [0, 0.1) is 5.92 Å². The Morgan fingerprint density at radius 3 is 2.43 bits per heavy atom. The predicted molar refractivity (Wildman–Crippen MR) is 101 cm³/mol. The van der Waals surface area contributed by atoms with Crippen molar-refractivity contribution >= 4 is 16.0 Å². The zero-order valence-corrected chi connectivity index (χ0v) is 16.6. The number of methoxy groups -OCH3 is 1. The Hall–Kier alpha value is -2.52. The number of rotatable bonds is 6. The molecule has 1 aromatic carbocycles. The van der Waals surface area contributed by atoms with Crippen molar-refractivity contribution in [3.63, 3.8) is 0 Å². The first-order valence-electron chi connectivity index (χ1n) is 9.02. The Bertz CT molecular complexity index is 895. The zero-order chi connectivity index (χ0) is 20.1. The summed E-state index contributed by atoms with van der Waals surface area (Å²) in [6.07, 6.45) is 4.99. The van der Waals surface area contributed by atoms with Crippen molar-refractivity contribution < 1.29 is 22.7 Å². The minimum absolute atomic E-state index is 0.214. The van der Waals surface area contributed by atoms with Gasteiger partial charge in [-0.25, -0.2) is 8.42 Å². The fraction of sp³-hybridized carbons (Fsp3) is 0.421. The molecule has 3 rings (SSSR count). The van der Waals surface area contributed by atoms with Crippen molar-refractivity contribution in [1.29, 1.82) is 0 Å². The van der Waals surface area contributed by atoms with Gasteiger partial charge in [-0.2, -0.15) is 4.31 Å². The Morgan fingerprint density at radius 2 is 1.86 bits per heavy atom.